The van der Waals surface area contributed by atoms with E-state index in [0.29, 0.717) is 11.5 Å². The maximum atomic E-state index is 6.87. The second-order valence-corrected chi connectivity index (χ2v) is 6.30. The van der Waals surface area contributed by atoms with Crippen LogP contribution >= 0.6 is 11.6 Å². The van der Waals surface area contributed by atoms with Crippen molar-refractivity contribution in [3.05, 3.63) is 12.2 Å². The van der Waals surface area contributed by atoms with Gasteiger partial charge in [-0.25, -0.2) is 0 Å². The van der Waals surface area contributed by atoms with Crippen molar-refractivity contribution in [2.75, 3.05) is 0 Å². The van der Waals surface area contributed by atoms with Gasteiger partial charge in [0.25, 0.3) is 0 Å². The highest BCUT2D eigenvalue weighted by atomic mass is 35.5. The number of ether oxygens (including phenoxy) is 1. The Labute approximate surface area is 95.8 Å². The molecule has 0 aromatic rings. The molecule has 1 nitrogen and oxygen atoms in total. The zero-order chi connectivity index (χ0) is 10.1. The molecule has 0 radical (unpaired) electrons. The van der Waals surface area contributed by atoms with Crippen molar-refractivity contribution in [1.82, 2.24) is 0 Å². The number of halogens is 1. The largest absolute Gasteiger partial charge is 0.364 e. The second kappa shape index (κ2) is 2.62. The van der Waals surface area contributed by atoms with Crippen molar-refractivity contribution in [3.8, 4) is 0 Å². The Morgan fingerprint density at radius 2 is 1.87 bits per heavy atom. The highest BCUT2D eigenvalue weighted by Crippen LogP contribution is 2.80. The Morgan fingerprint density at radius 1 is 1.07 bits per heavy atom. The monoisotopic (exact) mass is 224 g/mol. The summed E-state index contributed by atoms with van der Waals surface area (Å²) in [7, 11) is 0. The van der Waals surface area contributed by atoms with Gasteiger partial charge >= 0.3 is 0 Å². The quantitative estimate of drug-likeness (QED) is 0.453. The molecule has 15 heavy (non-hydrogen) atoms. The molecular weight excluding hydrogens is 208 g/mol. The van der Waals surface area contributed by atoms with Crippen LogP contribution in [0.5, 0.6) is 0 Å². The Balaban J connectivity index is 1.74. The van der Waals surface area contributed by atoms with Crippen LogP contribution in [0.3, 0.4) is 0 Å². The maximum Gasteiger partial charge on any atom is 0.0966 e. The van der Waals surface area contributed by atoms with Crippen LogP contribution in [0.1, 0.15) is 38.5 Å². The summed E-state index contributed by atoms with van der Waals surface area (Å²) < 4.78 is 5.95. The molecule has 0 aromatic heterocycles. The average Bonchev–Trinajstić information content (AvgIpc) is 2.57. The summed E-state index contributed by atoms with van der Waals surface area (Å²) in [5, 5.41) is 0. The van der Waals surface area contributed by atoms with E-state index in [1.54, 1.807) is 0 Å². The summed E-state index contributed by atoms with van der Waals surface area (Å²) in [5.74, 6) is 0.741. The van der Waals surface area contributed by atoms with Gasteiger partial charge in [0.1, 0.15) is 0 Å². The van der Waals surface area contributed by atoms with Crippen molar-refractivity contribution in [1.29, 1.82) is 0 Å². The molecule has 2 aliphatic carbocycles. The van der Waals surface area contributed by atoms with E-state index in [2.05, 4.69) is 12.2 Å². The van der Waals surface area contributed by atoms with Gasteiger partial charge in [-0.15, -0.1) is 11.6 Å². The maximum absolute atomic E-state index is 6.87. The van der Waals surface area contributed by atoms with Crippen LogP contribution < -0.4 is 0 Å². The van der Waals surface area contributed by atoms with Gasteiger partial charge in [0.05, 0.1) is 17.1 Å². The van der Waals surface area contributed by atoms with Crippen LogP contribution in [0, 0.1) is 11.3 Å². The van der Waals surface area contributed by atoms with Crippen molar-refractivity contribution in [2.45, 2.75) is 55.6 Å². The summed E-state index contributed by atoms with van der Waals surface area (Å²) in [5.41, 5.74) is 0.342. The lowest BCUT2D eigenvalue weighted by molar-refractivity contribution is 0.0504. The number of fused-ring (bicyclic) bond motifs is 4. The first kappa shape index (κ1) is 9.07. The SMILES string of the molecule is Cl[C@@]12[C@H]3CCCCCC[C@]31[C@@H]1C=C[C@H]2O1. The van der Waals surface area contributed by atoms with E-state index in [1.165, 1.54) is 38.5 Å². The van der Waals surface area contributed by atoms with E-state index < -0.39 is 0 Å². The summed E-state index contributed by atoms with van der Waals surface area (Å²) in [6.07, 6.45) is 13.2. The molecule has 1 saturated heterocycles. The molecule has 2 aliphatic heterocycles. The Kier molecular flexibility index (Phi) is 1.59. The predicted molar refractivity (Wildman–Crippen MR) is 60.0 cm³/mol. The normalized spacial score (nSPS) is 60.7. The number of alkyl halides is 1. The van der Waals surface area contributed by atoms with Crippen molar-refractivity contribution >= 4 is 11.6 Å². The highest BCUT2D eigenvalue weighted by molar-refractivity contribution is 6.28. The molecule has 0 unspecified atom stereocenters. The van der Waals surface area contributed by atoms with Crippen molar-refractivity contribution in [2.24, 2.45) is 11.3 Å². The summed E-state index contributed by atoms with van der Waals surface area (Å²) in [6.45, 7) is 0. The molecular formula is C13H17ClO. The molecule has 2 heteroatoms. The summed E-state index contributed by atoms with van der Waals surface area (Å²) >= 11 is 6.87. The van der Waals surface area contributed by atoms with Crippen LogP contribution in [0.2, 0.25) is 0 Å². The molecule has 4 aliphatic rings. The molecule has 0 amide bonds. The molecule has 0 aromatic carbocycles. The number of rotatable bonds is 0. The van der Waals surface area contributed by atoms with Crippen LogP contribution in [0.15, 0.2) is 12.2 Å². The van der Waals surface area contributed by atoms with Gasteiger partial charge in [-0.3, -0.25) is 0 Å². The predicted octanol–water partition coefficient (Wildman–Crippen LogP) is 3.27. The topological polar surface area (TPSA) is 9.23 Å². The molecule has 0 N–H and O–H groups in total. The fourth-order valence-corrected chi connectivity index (χ4v) is 5.29. The molecule has 4 rings (SSSR count). The third kappa shape index (κ3) is 0.805. The zero-order valence-corrected chi connectivity index (χ0v) is 9.67. The lowest BCUT2D eigenvalue weighted by atomic mass is 9.84. The third-order valence-electron chi connectivity index (χ3n) is 5.27. The van der Waals surface area contributed by atoms with E-state index in [-0.39, 0.29) is 11.0 Å². The van der Waals surface area contributed by atoms with Gasteiger partial charge in [0.15, 0.2) is 0 Å². The minimum atomic E-state index is -0.00322. The van der Waals surface area contributed by atoms with Gasteiger partial charge in [0, 0.05) is 5.41 Å². The van der Waals surface area contributed by atoms with Crippen LogP contribution in [0.25, 0.3) is 0 Å². The van der Waals surface area contributed by atoms with Gasteiger partial charge in [-0.2, -0.15) is 0 Å². The Hall–Kier alpha value is -0.0100. The van der Waals surface area contributed by atoms with E-state index in [0.717, 1.165) is 5.92 Å². The summed E-state index contributed by atoms with van der Waals surface area (Å²) in [6, 6.07) is 0. The van der Waals surface area contributed by atoms with Crippen LogP contribution in [-0.4, -0.2) is 17.1 Å². The Morgan fingerprint density at radius 3 is 2.80 bits per heavy atom. The average molecular weight is 225 g/mol. The summed E-state index contributed by atoms with van der Waals surface area (Å²) in [4.78, 5) is -0.00322. The fraction of sp³-hybridized carbons (Fsp3) is 0.846. The molecule has 3 fully saturated rings. The molecule has 2 saturated carbocycles. The minimum Gasteiger partial charge on any atom is -0.364 e. The van der Waals surface area contributed by atoms with Crippen molar-refractivity contribution in [3.63, 3.8) is 0 Å². The van der Waals surface area contributed by atoms with E-state index in [4.69, 9.17) is 16.3 Å². The van der Waals surface area contributed by atoms with Gasteiger partial charge in [-0.05, 0) is 18.8 Å². The van der Waals surface area contributed by atoms with Gasteiger partial charge < -0.3 is 4.74 Å². The Bertz CT molecular complexity index is 339. The zero-order valence-electron chi connectivity index (χ0n) is 8.92. The van der Waals surface area contributed by atoms with Crippen LogP contribution in [0.4, 0.5) is 0 Å². The van der Waals surface area contributed by atoms with E-state index >= 15 is 0 Å². The standard InChI is InChI=1S/C13H17ClO/c14-13-9-5-3-1-2-4-8-12(9,13)10-6-7-11(13)15-10/h6-7,9-11H,1-5,8H2/t9-,10-,11+,12+,13+/m0/s1. The molecule has 1 spiro atoms. The highest BCUT2D eigenvalue weighted by Gasteiger charge is 2.85. The molecule has 2 bridgehead atoms. The van der Waals surface area contributed by atoms with Gasteiger partial charge in [0.2, 0.25) is 0 Å². The molecule has 5 atom stereocenters. The lowest BCUT2D eigenvalue weighted by Crippen LogP contribution is -2.24. The minimum absolute atomic E-state index is 0.00322. The number of hydrogen-bond donors (Lipinski definition) is 0. The fourth-order valence-electron chi connectivity index (χ4n) is 4.58. The first-order chi connectivity index (χ1) is 7.30. The molecule has 82 valence electrons. The number of hydrogen-bond acceptors (Lipinski definition) is 1. The second-order valence-electron chi connectivity index (χ2n) is 5.68. The van der Waals surface area contributed by atoms with E-state index in [1.807, 2.05) is 0 Å². The van der Waals surface area contributed by atoms with Crippen molar-refractivity contribution < 1.29 is 4.74 Å². The lowest BCUT2D eigenvalue weighted by Gasteiger charge is -2.22. The van der Waals surface area contributed by atoms with E-state index in [9.17, 15) is 0 Å². The third-order valence-corrected chi connectivity index (χ3v) is 6.10. The smallest absolute Gasteiger partial charge is 0.0966 e. The molecule has 2 heterocycles. The first-order valence-electron chi connectivity index (χ1n) is 6.33. The van der Waals surface area contributed by atoms with Gasteiger partial charge in [-0.1, -0.05) is 37.8 Å². The first-order valence-corrected chi connectivity index (χ1v) is 6.70. The van der Waals surface area contributed by atoms with Crippen LogP contribution in [-0.2, 0) is 4.74 Å².